The van der Waals surface area contributed by atoms with Crippen LogP contribution in [0.4, 0.5) is 0 Å². The van der Waals surface area contributed by atoms with Crippen molar-refractivity contribution in [2.75, 3.05) is 21.1 Å². The highest BCUT2D eigenvalue weighted by Crippen LogP contribution is 2.38. The highest BCUT2D eigenvalue weighted by molar-refractivity contribution is 6.31. The zero-order chi connectivity index (χ0) is 15.6. The van der Waals surface area contributed by atoms with E-state index in [1.807, 2.05) is 6.92 Å². The molecule has 1 aromatic heterocycles. The average Bonchev–Trinajstić information content (AvgIpc) is 3.05. The largest absolute Gasteiger partial charge is 0.315 e. The number of nitrogens with one attached hydrogen (secondary N) is 1. The van der Waals surface area contributed by atoms with E-state index in [1.165, 1.54) is 31.4 Å². The molecular weight excluding hydrogens is 284 g/mol. The predicted molar refractivity (Wildman–Crippen MR) is 89.1 cm³/mol. The Morgan fingerprint density at radius 2 is 2.00 bits per heavy atom. The van der Waals surface area contributed by atoms with Crippen LogP contribution in [0.1, 0.15) is 44.0 Å². The second kappa shape index (κ2) is 6.67. The van der Waals surface area contributed by atoms with Crippen molar-refractivity contribution in [3.63, 3.8) is 0 Å². The molecule has 1 aromatic rings. The summed E-state index contributed by atoms with van der Waals surface area (Å²) in [6.07, 6.45) is 6.07. The maximum Gasteiger partial charge on any atom is 0.0847 e. The molecule has 1 atom stereocenters. The Labute approximate surface area is 133 Å². The molecule has 2 rings (SSSR count). The lowest BCUT2D eigenvalue weighted by molar-refractivity contribution is 0.107. The molecule has 0 spiro atoms. The Balaban J connectivity index is 2.31. The summed E-state index contributed by atoms with van der Waals surface area (Å²) in [7, 11) is 6.49. The number of halogens is 1. The van der Waals surface area contributed by atoms with E-state index in [4.69, 9.17) is 11.6 Å². The van der Waals surface area contributed by atoms with Gasteiger partial charge in [-0.15, -0.1) is 0 Å². The standard InChI is InChI=1S/C16H29ClN4/c1-6-21-13(15(17)12(2)19-21)11-14(18-3)16(20(4)5)9-7-8-10-16/h14,18H,6-11H2,1-5H3. The summed E-state index contributed by atoms with van der Waals surface area (Å²) < 4.78 is 2.06. The van der Waals surface area contributed by atoms with Gasteiger partial charge < -0.3 is 10.2 Å². The van der Waals surface area contributed by atoms with E-state index in [0.717, 1.165) is 23.7 Å². The molecule has 1 saturated carbocycles. The van der Waals surface area contributed by atoms with Crippen LogP contribution in [0.15, 0.2) is 0 Å². The molecule has 0 bridgehead atoms. The van der Waals surface area contributed by atoms with Gasteiger partial charge in [-0.3, -0.25) is 4.68 Å². The summed E-state index contributed by atoms with van der Waals surface area (Å²) in [4.78, 5) is 2.41. The first-order valence-electron chi connectivity index (χ1n) is 8.02. The molecule has 0 amide bonds. The lowest BCUT2D eigenvalue weighted by atomic mass is 9.84. The van der Waals surface area contributed by atoms with Gasteiger partial charge in [0.1, 0.15) is 0 Å². The van der Waals surface area contributed by atoms with Crippen LogP contribution in [-0.4, -0.2) is 47.4 Å². The summed E-state index contributed by atoms with van der Waals surface area (Å²) in [6.45, 7) is 4.98. The molecular formula is C16H29ClN4. The topological polar surface area (TPSA) is 33.1 Å². The Hall–Kier alpha value is -0.580. The molecule has 120 valence electrons. The molecule has 1 unspecified atom stereocenters. The van der Waals surface area contributed by atoms with Crippen molar-refractivity contribution >= 4 is 11.6 Å². The van der Waals surface area contributed by atoms with E-state index in [2.05, 4.69) is 48.1 Å². The fourth-order valence-electron chi connectivity index (χ4n) is 3.91. The minimum absolute atomic E-state index is 0.231. The number of nitrogens with zero attached hydrogens (tertiary/aromatic N) is 3. The molecule has 1 heterocycles. The van der Waals surface area contributed by atoms with Crippen LogP contribution in [0.3, 0.4) is 0 Å². The van der Waals surface area contributed by atoms with Crippen molar-refractivity contribution in [3.8, 4) is 0 Å². The van der Waals surface area contributed by atoms with E-state index >= 15 is 0 Å². The summed E-state index contributed by atoms with van der Waals surface area (Å²) in [5.74, 6) is 0. The quantitative estimate of drug-likeness (QED) is 0.877. The van der Waals surface area contributed by atoms with Crippen LogP contribution < -0.4 is 5.32 Å². The average molecular weight is 313 g/mol. The third kappa shape index (κ3) is 2.99. The zero-order valence-electron chi connectivity index (χ0n) is 14.0. The first-order valence-corrected chi connectivity index (χ1v) is 8.40. The molecule has 4 nitrogen and oxygen atoms in total. The Morgan fingerprint density at radius 1 is 1.38 bits per heavy atom. The van der Waals surface area contributed by atoms with Crippen molar-refractivity contribution in [2.24, 2.45) is 0 Å². The van der Waals surface area contributed by atoms with Gasteiger partial charge in [-0.25, -0.2) is 0 Å². The van der Waals surface area contributed by atoms with Gasteiger partial charge in [0.15, 0.2) is 0 Å². The minimum Gasteiger partial charge on any atom is -0.315 e. The lowest BCUT2D eigenvalue weighted by Gasteiger charge is -2.43. The van der Waals surface area contributed by atoms with Crippen LogP contribution in [0.25, 0.3) is 0 Å². The molecule has 0 aliphatic heterocycles. The van der Waals surface area contributed by atoms with Gasteiger partial charge in [-0.2, -0.15) is 5.10 Å². The van der Waals surface area contributed by atoms with Crippen LogP contribution in [0, 0.1) is 6.92 Å². The van der Waals surface area contributed by atoms with Crippen molar-refractivity contribution in [2.45, 2.75) is 64.1 Å². The number of hydrogen-bond acceptors (Lipinski definition) is 3. The fourth-order valence-corrected chi connectivity index (χ4v) is 4.13. The molecule has 5 heteroatoms. The Bertz CT molecular complexity index is 475. The third-order valence-corrected chi connectivity index (χ3v) is 5.70. The first kappa shape index (κ1) is 16.8. The molecule has 1 fully saturated rings. The Kier molecular flexibility index (Phi) is 5.33. The van der Waals surface area contributed by atoms with Crippen molar-refractivity contribution in [1.29, 1.82) is 0 Å². The minimum atomic E-state index is 0.231. The van der Waals surface area contributed by atoms with Gasteiger partial charge in [0.2, 0.25) is 0 Å². The second-order valence-corrected chi connectivity index (χ2v) is 6.79. The predicted octanol–water partition coefficient (Wildman–Crippen LogP) is 2.87. The number of rotatable bonds is 6. The van der Waals surface area contributed by atoms with Crippen LogP contribution in [-0.2, 0) is 13.0 Å². The second-order valence-electron chi connectivity index (χ2n) is 6.41. The molecule has 21 heavy (non-hydrogen) atoms. The fraction of sp³-hybridized carbons (Fsp3) is 0.812. The van der Waals surface area contributed by atoms with E-state index in [0.29, 0.717) is 6.04 Å². The van der Waals surface area contributed by atoms with Gasteiger partial charge in [0.05, 0.1) is 16.4 Å². The first-order chi connectivity index (χ1) is 9.96. The summed E-state index contributed by atoms with van der Waals surface area (Å²) >= 11 is 6.50. The van der Waals surface area contributed by atoms with E-state index in [1.54, 1.807) is 0 Å². The van der Waals surface area contributed by atoms with Gasteiger partial charge in [-0.05, 0) is 47.8 Å². The lowest BCUT2D eigenvalue weighted by Crippen LogP contribution is -2.57. The van der Waals surface area contributed by atoms with Crippen LogP contribution >= 0.6 is 11.6 Å². The summed E-state index contributed by atoms with van der Waals surface area (Å²) in [5, 5.41) is 8.95. The highest BCUT2D eigenvalue weighted by atomic mass is 35.5. The number of likely N-dealkylation sites (N-methyl/N-ethyl adjacent to an activating group) is 2. The molecule has 0 aromatic carbocycles. The monoisotopic (exact) mass is 312 g/mol. The smallest absolute Gasteiger partial charge is 0.0847 e. The molecule has 1 aliphatic carbocycles. The van der Waals surface area contributed by atoms with Crippen LogP contribution in [0.5, 0.6) is 0 Å². The van der Waals surface area contributed by atoms with Gasteiger partial charge in [0.25, 0.3) is 0 Å². The molecule has 0 saturated heterocycles. The Morgan fingerprint density at radius 3 is 2.48 bits per heavy atom. The normalized spacial score (nSPS) is 19.4. The number of aromatic nitrogens is 2. The third-order valence-electron chi connectivity index (χ3n) is 5.21. The van der Waals surface area contributed by atoms with Gasteiger partial charge >= 0.3 is 0 Å². The molecule has 1 N–H and O–H groups in total. The van der Waals surface area contributed by atoms with Crippen molar-refractivity contribution < 1.29 is 0 Å². The number of hydrogen-bond donors (Lipinski definition) is 1. The molecule has 0 radical (unpaired) electrons. The van der Waals surface area contributed by atoms with E-state index in [-0.39, 0.29) is 5.54 Å². The van der Waals surface area contributed by atoms with Crippen molar-refractivity contribution in [1.82, 2.24) is 20.0 Å². The maximum atomic E-state index is 6.50. The zero-order valence-corrected chi connectivity index (χ0v) is 14.8. The van der Waals surface area contributed by atoms with E-state index in [9.17, 15) is 0 Å². The summed E-state index contributed by atoms with van der Waals surface area (Å²) in [5.41, 5.74) is 2.34. The van der Waals surface area contributed by atoms with Gasteiger partial charge in [0, 0.05) is 24.5 Å². The van der Waals surface area contributed by atoms with E-state index < -0.39 is 0 Å². The highest BCUT2D eigenvalue weighted by Gasteiger charge is 2.43. The SMILES string of the molecule is CCn1nc(C)c(Cl)c1CC(NC)C1(N(C)C)CCCC1. The van der Waals surface area contributed by atoms with Gasteiger partial charge in [-0.1, -0.05) is 24.4 Å². The van der Waals surface area contributed by atoms with Crippen LogP contribution in [0.2, 0.25) is 5.02 Å². The van der Waals surface area contributed by atoms with Crippen molar-refractivity contribution in [3.05, 3.63) is 16.4 Å². The molecule has 1 aliphatic rings. The summed E-state index contributed by atoms with van der Waals surface area (Å²) in [6, 6.07) is 0.397. The maximum absolute atomic E-state index is 6.50. The number of aryl methyl sites for hydroxylation is 2.